The molecule has 1 rings (SSSR count). The van der Waals surface area contributed by atoms with Gasteiger partial charge in [0, 0.05) is 0 Å². The van der Waals surface area contributed by atoms with Gasteiger partial charge >= 0.3 is 0 Å². The Morgan fingerprint density at radius 3 is 2.31 bits per heavy atom. The molecule has 0 aliphatic carbocycles. The van der Waals surface area contributed by atoms with E-state index in [1.807, 2.05) is 18.2 Å². The minimum Gasteiger partial charge on any atom is -0.386 e. The molecule has 0 fully saturated rings. The molecule has 2 atom stereocenters. The van der Waals surface area contributed by atoms with Gasteiger partial charge in [-0.25, -0.2) is 0 Å². The Bertz CT molecular complexity index is 267. The van der Waals surface area contributed by atoms with E-state index in [9.17, 15) is 10.2 Å². The summed E-state index contributed by atoms with van der Waals surface area (Å²) >= 11 is 0. The van der Waals surface area contributed by atoms with Crippen LogP contribution in [0, 0.1) is 0 Å². The number of hydrogen-bond donors (Lipinski definition) is 2. The molecule has 2 heteroatoms. The lowest BCUT2D eigenvalue weighted by Gasteiger charge is -2.14. The molecule has 0 saturated heterocycles. The third kappa shape index (κ3) is 2.68. The Balaban J connectivity index is 2.73. The van der Waals surface area contributed by atoms with Crippen molar-refractivity contribution in [2.24, 2.45) is 0 Å². The molecule has 2 N–H and O–H groups in total. The van der Waals surface area contributed by atoms with Gasteiger partial charge in [0.25, 0.3) is 0 Å². The molecule has 0 bridgehead atoms. The molecule has 2 nitrogen and oxygen atoms in total. The summed E-state index contributed by atoms with van der Waals surface area (Å²) in [5.41, 5.74) is 0.730. The van der Waals surface area contributed by atoms with Crippen LogP contribution < -0.4 is 0 Å². The summed E-state index contributed by atoms with van der Waals surface area (Å²) in [5, 5.41) is 19.1. The predicted molar refractivity (Wildman–Crippen MR) is 52.2 cm³/mol. The lowest BCUT2D eigenvalue weighted by Crippen LogP contribution is -2.15. The van der Waals surface area contributed by atoms with E-state index in [1.54, 1.807) is 31.2 Å². The van der Waals surface area contributed by atoms with Gasteiger partial charge in [-0.2, -0.15) is 0 Å². The third-order valence-electron chi connectivity index (χ3n) is 1.85. The lowest BCUT2D eigenvalue weighted by molar-refractivity contribution is 0.0482. The number of benzene rings is 1. The van der Waals surface area contributed by atoms with Crippen LogP contribution in [0.4, 0.5) is 0 Å². The average molecular weight is 178 g/mol. The Morgan fingerprint density at radius 1 is 1.15 bits per heavy atom. The summed E-state index contributed by atoms with van der Waals surface area (Å²) in [6, 6.07) is 9.12. The van der Waals surface area contributed by atoms with Crippen LogP contribution in [-0.2, 0) is 0 Å². The largest absolute Gasteiger partial charge is 0.386 e. The molecule has 1 aromatic rings. The third-order valence-corrected chi connectivity index (χ3v) is 1.85. The van der Waals surface area contributed by atoms with Crippen molar-refractivity contribution in [1.82, 2.24) is 0 Å². The molecular weight excluding hydrogens is 164 g/mol. The molecule has 0 heterocycles. The minimum atomic E-state index is -0.836. The van der Waals surface area contributed by atoms with Gasteiger partial charge in [-0.3, -0.25) is 0 Å². The van der Waals surface area contributed by atoms with Crippen molar-refractivity contribution < 1.29 is 10.2 Å². The van der Waals surface area contributed by atoms with Crippen molar-refractivity contribution in [3.63, 3.8) is 0 Å². The Labute approximate surface area is 78.2 Å². The quantitative estimate of drug-likeness (QED) is 0.691. The van der Waals surface area contributed by atoms with Crippen LogP contribution in [0.3, 0.4) is 0 Å². The zero-order chi connectivity index (χ0) is 9.68. The normalized spacial score (nSPS) is 15.9. The topological polar surface area (TPSA) is 40.5 Å². The number of aliphatic hydroxyl groups excluding tert-OH is 2. The van der Waals surface area contributed by atoms with Gasteiger partial charge in [0.05, 0.1) is 0 Å². The van der Waals surface area contributed by atoms with Gasteiger partial charge < -0.3 is 10.2 Å². The SMILES string of the molecule is C/C=C/[C@@H](O)[C@H](O)c1ccccc1. The monoisotopic (exact) mass is 178 g/mol. The van der Waals surface area contributed by atoms with Gasteiger partial charge in [0.2, 0.25) is 0 Å². The molecule has 0 aliphatic rings. The molecule has 70 valence electrons. The molecule has 0 radical (unpaired) electrons. The molecule has 0 aromatic heterocycles. The molecule has 13 heavy (non-hydrogen) atoms. The summed E-state index contributed by atoms with van der Waals surface area (Å²) < 4.78 is 0. The minimum absolute atomic E-state index is 0.730. The lowest BCUT2D eigenvalue weighted by atomic mass is 10.0. The van der Waals surface area contributed by atoms with Crippen LogP contribution in [0.1, 0.15) is 18.6 Å². The highest BCUT2D eigenvalue weighted by atomic mass is 16.3. The standard InChI is InChI=1S/C11H14O2/c1-2-6-10(12)11(13)9-7-4-3-5-8-9/h2-8,10-13H,1H3/b6-2+/t10-,11-/m1/s1. The van der Waals surface area contributed by atoms with E-state index in [1.165, 1.54) is 0 Å². The molecule has 0 aliphatic heterocycles. The first kappa shape index (κ1) is 9.96. The average Bonchev–Trinajstić information content (AvgIpc) is 2.18. The Kier molecular flexibility index (Phi) is 3.68. The van der Waals surface area contributed by atoms with Crippen molar-refractivity contribution >= 4 is 0 Å². The molecule has 0 amide bonds. The van der Waals surface area contributed by atoms with Crippen LogP contribution in [0.15, 0.2) is 42.5 Å². The molecule has 0 unspecified atom stereocenters. The van der Waals surface area contributed by atoms with Gasteiger partial charge in [0.1, 0.15) is 12.2 Å². The maximum Gasteiger partial charge on any atom is 0.108 e. The highest BCUT2D eigenvalue weighted by Crippen LogP contribution is 2.16. The summed E-state index contributed by atoms with van der Waals surface area (Å²) in [6.07, 6.45) is 1.62. The highest BCUT2D eigenvalue weighted by Gasteiger charge is 2.14. The molecule has 0 saturated carbocycles. The fraction of sp³-hybridized carbons (Fsp3) is 0.273. The van der Waals surface area contributed by atoms with Crippen molar-refractivity contribution in [2.45, 2.75) is 19.1 Å². The second-order valence-electron chi connectivity index (χ2n) is 2.87. The van der Waals surface area contributed by atoms with Crippen LogP contribution in [0.5, 0.6) is 0 Å². The van der Waals surface area contributed by atoms with E-state index in [0.29, 0.717) is 0 Å². The number of aliphatic hydroxyl groups is 2. The van der Waals surface area contributed by atoms with Crippen molar-refractivity contribution in [3.8, 4) is 0 Å². The van der Waals surface area contributed by atoms with E-state index < -0.39 is 12.2 Å². The van der Waals surface area contributed by atoms with Crippen molar-refractivity contribution in [1.29, 1.82) is 0 Å². The van der Waals surface area contributed by atoms with Gasteiger partial charge in [-0.05, 0) is 12.5 Å². The maximum atomic E-state index is 9.62. The van der Waals surface area contributed by atoms with E-state index in [4.69, 9.17) is 0 Å². The van der Waals surface area contributed by atoms with Crippen molar-refractivity contribution in [3.05, 3.63) is 48.0 Å². The summed E-state index contributed by atoms with van der Waals surface area (Å²) in [6.45, 7) is 1.81. The second-order valence-corrected chi connectivity index (χ2v) is 2.87. The van der Waals surface area contributed by atoms with Crippen LogP contribution in [-0.4, -0.2) is 16.3 Å². The summed E-state index contributed by atoms with van der Waals surface area (Å²) in [7, 11) is 0. The first-order chi connectivity index (χ1) is 6.25. The molecular formula is C11H14O2. The Morgan fingerprint density at radius 2 is 1.77 bits per heavy atom. The summed E-state index contributed by atoms with van der Waals surface area (Å²) in [5.74, 6) is 0. The van der Waals surface area contributed by atoms with Gasteiger partial charge in [-0.15, -0.1) is 0 Å². The van der Waals surface area contributed by atoms with E-state index in [-0.39, 0.29) is 0 Å². The summed E-state index contributed by atoms with van der Waals surface area (Å²) in [4.78, 5) is 0. The first-order valence-corrected chi connectivity index (χ1v) is 4.29. The van der Waals surface area contributed by atoms with E-state index in [2.05, 4.69) is 0 Å². The second kappa shape index (κ2) is 4.80. The fourth-order valence-corrected chi connectivity index (χ4v) is 1.15. The number of allylic oxidation sites excluding steroid dienone is 1. The first-order valence-electron chi connectivity index (χ1n) is 4.29. The highest BCUT2D eigenvalue weighted by molar-refractivity contribution is 5.19. The van der Waals surface area contributed by atoms with Gasteiger partial charge in [-0.1, -0.05) is 42.5 Å². The Hall–Kier alpha value is -1.12. The molecule has 1 aromatic carbocycles. The van der Waals surface area contributed by atoms with Crippen LogP contribution >= 0.6 is 0 Å². The fourth-order valence-electron chi connectivity index (χ4n) is 1.15. The molecule has 0 spiro atoms. The van der Waals surface area contributed by atoms with Crippen LogP contribution in [0.25, 0.3) is 0 Å². The predicted octanol–water partition coefficient (Wildman–Crippen LogP) is 1.66. The number of hydrogen-bond acceptors (Lipinski definition) is 2. The maximum absolute atomic E-state index is 9.62. The number of rotatable bonds is 3. The van der Waals surface area contributed by atoms with Gasteiger partial charge in [0.15, 0.2) is 0 Å². The smallest absolute Gasteiger partial charge is 0.108 e. The van der Waals surface area contributed by atoms with E-state index >= 15 is 0 Å². The zero-order valence-corrected chi connectivity index (χ0v) is 7.59. The zero-order valence-electron chi connectivity index (χ0n) is 7.59. The van der Waals surface area contributed by atoms with E-state index in [0.717, 1.165) is 5.56 Å². The van der Waals surface area contributed by atoms with Crippen molar-refractivity contribution in [2.75, 3.05) is 0 Å². The van der Waals surface area contributed by atoms with Crippen LogP contribution in [0.2, 0.25) is 0 Å².